The van der Waals surface area contributed by atoms with Crippen molar-refractivity contribution in [1.82, 2.24) is 9.71 Å². The van der Waals surface area contributed by atoms with Crippen LogP contribution in [0.1, 0.15) is 18.5 Å². The van der Waals surface area contributed by atoms with Crippen molar-refractivity contribution in [2.24, 2.45) is 5.92 Å². The van der Waals surface area contributed by atoms with E-state index < -0.39 is 10.0 Å². The Morgan fingerprint density at radius 2 is 2.39 bits per heavy atom. The van der Waals surface area contributed by atoms with Crippen LogP contribution in [0, 0.1) is 5.92 Å². The van der Waals surface area contributed by atoms with Crippen molar-refractivity contribution in [2.75, 3.05) is 19.8 Å². The Kier molecular flexibility index (Phi) is 4.39. The Morgan fingerprint density at radius 1 is 1.56 bits per heavy atom. The molecule has 1 fully saturated rings. The quantitative estimate of drug-likeness (QED) is 0.716. The highest BCUT2D eigenvalue weighted by Gasteiger charge is 2.20. The molecule has 1 aliphatic rings. The first kappa shape index (κ1) is 13.5. The molecule has 0 saturated carbocycles. The van der Waals surface area contributed by atoms with Gasteiger partial charge in [0.15, 0.2) is 0 Å². The zero-order chi connectivity index (χ0) is 13.0. The maximum atomic E-state index is 12.0. The van der Waals surface area contributed by atoms with Gasteiger partial charge in [0, 0.05) is 25.0 Å². The van der Waals surface area contributed by atoms with Crippen LogP contribution in [0.5, 0.6) is 0 Å². The molecule has 1 aromatic heterocycles. The molecular formula is C11H18N2O4S. The molecule has 0 bridgehead atoms. The lowest BCUT2D eigenvalue weighted by molar-refractivity contribution is 0.0568. The van der Waals surface area contributed by atoms with Gasteiger partial charge < -0.3 is 14.8 Å². The molecule has 2 heterocycles. The van der Waals surface area contributed by atoms with Gasteiger partial charge in [-0.25, -0.2) is 13.1 Å². The number of sulfonamides is 1. The van der Waals surface area contributed by atoms with Gasteiger partial charge in [0.05, 0.1) is 18.1 Å². The summed E-state index contributed by atoms with van der Waals surface area (Å²) in [7, 11) is -3.50. The second-order valence-electron chi connectivity index (χ2n) is 4.45. The molecule has 1 atom stereocenters. The first-order chi connectivity index (χ1) is 8.62. The van der Waals surface area contributed by atoms with Gasteiger partial charge in [-0.2, -0.15) is 0 Å². The number of aliphatic hydroxyl groups excluding tert-OH is 1. The van der Waals surface area contributed by atoms with Gasteiger partial charge in [-0.3, -0.25) is 0 Å². The first-order valence-corrected chi connectivity index (χ1v) is 7.45. The lowest BCUT2D eigenvalue weighted by atomic mass is 10.0. The molecule has 7 heteroatoms. The van der Waals surface area contributed by atoms with E-state index in [0.29, 0.717) is 18.8 Å². The molecule has 3 N–H and O–H groups in total. The number of aliphatic hydroxyl groups is 1. The van der Waals surface area contributed by atoms with Gasteiger partial charge in [-0.1, -0.05) is 0 Å². The number of ether oxygens (including phenoxy) is 1. The molecule has 1 aliphatic heterocycles. The third-order valence-corrected chi connectivity index (χ3v) is 4.42. The van der Waals surface area contributed by atoms with Crippen molar-refractivity contribution in [3.8, 4) is 0 Å². The average molecular weight is 274 g/mol. The number of aromatic amines is 1. The summed E-state index contributed by atoms with van der Waals surface area (Å²) >= 11 is 0. The fraction of sp³-hybridized carbons (Fsp3) is 0.636. The summed E-state index contributed by atoms with van der Waals surface area (Å²) < 4.78 is 31.8. The molecule has 0 aliphatic carbocycles. The SMILES string of the molecule is O=S(=O)(NCC1CCCOC1)c1c[nH]c(CO)c1. The summed E-state index contributed by atoms with van der Waals surface area (Å²) in [6, 6.07) is 1.43. The van der Waals surface area contributed by atoms with Crippen LogP contribution in [-0.4, -0.2) is 38.3 Å². The minimum absolute atomic E-state index is 0.156. The predicted molar refractivity (Wildman–Crippen MR) is 65.4 cm³/mol. The summed E-state index contributed by atoms with van der Waals surface area (Å²) in [6.07, 6.45) is 3.34. The molecule has 102 valence electrons. The van der Waals surface area contributed by atoms with Gasteiger partial charge in [0.1, 0.15) is 0 Å². The lowest BCUT2D eigenvalue weighted by Crippen LogP contribution is -2.33. The number of hydrogen-bond acceptors (Lipinski definition) is 4. The molecule has 0 aromatic carbocycles. The van der Waals surface area contributed by atoms with Crippen LogP contribution in [0.25, 0.3) is 0 Å². The largest absolute Gasteiger partial charge is 0.390 e. The van der Waals surface area contributed by atoms with Crippen LogP contribution >= 0.6 is 0 Å². The van der Waals surface area contributed by atoms with E-state index >= 15 is 0 Å². The predicted octanol–water partition coefficient (Wildman–Crippen LogP) is 0.212. The molecule has 6 nitrogen and oxygen atoms in total. The normalized spacial score (nSPS) is 21.1. The highest BCUT2D eigenvalue weighted by atomic mass is 32.2. The molecule has 0 amide bonds. The van der Waals surface area contributed by atoms with Crippen LogP contribution in [0.2, 0.25) is 0 Å². The highest BCUT2D eigenvalue weighted by Crippen LogP contribution is 2.15. The fourth-order valence-corrected chi connectivity index (χ4v) is 3.08. The topological polar surface area (TPSA) is 91.4 Å². The minimum atomic E-state index is -3.50. The van der Waals surface area contributed by atoms with Crippen molar-refractivity contribution in [3.63, 3.8) is 0 Å². The number of H-pyrrole nitrogens is 1. The number of rotatable bonds is 5. The van der Waals surface area contributed by atoms with Gasteiger partial charge in [-0.05, 0) is 24.8 Å². The fourth-order valence-electron chi connectivity index (χ4n) is 1.94. The second-order valence-corrected chi connectivity index (χ2v) is 6.22. The summed E-state index contributed by atoms with van der Waals surface area (Å²) in [5.41, 5.74) is 0.483. The minimum Gasteiger partial charge on any atom is -0.390 e. The van der Waals surface area contributed by atoms with Crippen LogP contribution in [0.4, 0.5) is 0 Å². The van der Waals surface area contributed by atoms with Crippen molar-refractivity contribution in [1.29, 1.82) is 0 Å². The Bertz CT molecular complexity index is 477. The molecular weight excluding hydrogens is 256 g/mol. The molecule has 1 unspecified atom stereocenters. The lowest BCUT2D eigenvalue weighted by Gasteiger charge is -2.21. The second kappa shape index (κ2) is 5.83. The number of hydrogen-bond donors (Lipinski definition) is 3. The molecule has 0 radical (unpaired) electrons. The van der Waals surface area contributed by atoms with Crippen LogP contribution < -0.4 is 4.72 Å². The summed E-state index contributed by atoms with van der Waals surface area (Å²) in [5.74, 6) is 0.241. The maximum absolute atomic E-state index is 12.0. The number of aromatic nitrogens is 1. The van der Waals surface area contributed by atoms with Gasteiger partial charge in [0.2, 0.25) is 10.0 Å². The Morgan fingerprint density at radius 3 is 3.00 bits per heavy atom. The van der Waals surface area contributed by atoms with E-state index in [-0.39, 0.29) is 17.4 Å². The third kappa shape index (κ3) is 3.32. The average Bonchev–Trinajstić information content (AvgIpc) is 2.87. The van der Waals surface area contributed by atoms with E-state index in [4.69, 9.17) is 9.84 Å². The van der Waals surface area contributed by atoms with E-state index in [2.05, 4.69) is 9.71 Å². The number of nitrogens with one attached hydrogen (secondary N) is 2. The van der Waals surface area contributed by atoms with E-state index in [0.717, 1.165) is 19.4 Å². The van der Waals surface area contributed by atoms with Gasteiger partial charge in [-0.15, -0.1) is 0 Å². The van der Waals surface area contributed by atoms with Crippen molar-refractivity contribution >= 4 is 10.0 Å². The molecule has 18 heavy (non-hydrogen) atoms. The summed E-state index contributed by atoms with van der Waals surface area (Å²) in [5, 5.41) is 8.89. The maximum Gasteiger partial charge on any atom is 0.242 e. The standard InChI is InChI=1S/C11H18N2O4S/c14-7-10-4-11(6-12-10)18(15,16)13-5-9-2-1-3-17-8-9/h4,6,9,12-14H,1-3,5,7-8H2. The Labute approximate surface area is 106 Å². The zero-order valence-electron chi connectivity index (χ0n) is 10.1. The van der Waals surface area contributed by atoms with Crippen molar-refractivity contribution in [3.05, 3.63) is 18.0 Å². The Hall–Kier alpha value is -0.890. The molecule has 0 spiro atoms. The monoisotopic (exact) mass is 274 g/mol. The van der Waals surface area contributed by atoms with Crippen LogP contribution in [0.3, 0.4) is 0 Å². The molecule has 1 aromatic rings. The van der Waals surface area contributed by atoms with E-state index in [1.165, 1.54) is 12.3 Å². The van der Waals surface area contributed by atoms with E-state index in [1.54, 1.807) is 0 Å². The smallest absolute Gasteiger partial charge is 0.242 e. The van der Waals surface area contributed by atoms with Crippen LogP contribution in [-0.2, 0) is 21.4 Å². The molecule has 1 saturated heterocycles. The van der Waals surface area contributed by atoms with Crippen molar-refractivity contribution in [2.45, 2.75) is 24.3 Å². The third-order valence-electron chi connectivity index (χ3n) is 3.01. The summed E-state index contributed by atoms with van der Waals surface area (Å²) in [4.78, 5) is 2.86. The van der Waals surface area contributed by atoms with E-state index in [9.17, 15) is 8.42 Å². The molecule has 2 rings (SSSR count). The highest BCUT2D eigenvalue weighted by molar-refractivity contribution is 7.89. The van der Waals surface area contributed by atoms with Gasteiger partial charge >= 0.3 is 0 Å². The van der Waals surface area contributed by atoms with Crippen LogP contribution in [0.15, 0.2) is 17.2 Å². The van der Waals surface area contributed by atoms with Gasteiger partial charge in [0.25, 0.3) is 0 Å². The zero-order valence-corrected chi connectivity index (χ0v) is 10.9. The van der Waals surface area contributed by atoms with Crippen molar-refractivity contribution < 1.29 is 18.3 Å². The van der Waals surface area contributed by atoms with E-state index in [1.807, 2.05) is 0 Å². The Balaban J connectivity index is 1.94. The first-order valence-electron chi connectivity index (χ1n) is 5.97. The summed E-state index contributed by atoms with van der Waals surface area (Å²) in [6.45, 7) is 1.56.